The molecule has 2 nitrogen and oxygen atoms in total. The maximum absolute atomic E-state index is 14.0. The Hall–Kier alpha value is -2.56. The fraction of sp³-hybridized carbons (Fsp3) is 0.250. The summed E-state index contributed by atoms with van der Waals surface area (Å²) in [6.45, 7) is 2.01. The van der Waals surface area contributed by atoms with Crippen molar-refractivity contribution in [3.05, 3.63) is 72.1 Å². The van der Waals surface area contributed by atoms with Gasteiger partial charge in [-0.1, -0.05) is 61.9 Å². The van der Waals surface area contributed by atoms with Gasteiger partial charge in [-0.3, -0.25) is 0 Å². The lowest BCUT2D eigenvalue weighted by atomic mass is 10.00. The fourth-order valence-electron chi connectivity index (χ4n) is 2.91. The molecule has 2 aromatic carbocycles. The van der Waals surface area contributed by atoms with Crippen molar-refractivity contribution in [3.63, 3.8) is 0 Å². The Morgan fingerprint density at radius 1 is 0.920 bits per heavy atom. The van der Waals surface area contributed by atoms with Gasteiger partial charge in [0.15, 0.2) is 5.69 Å². The van der Waals surface area contributed by atoms with Crippen LogP contribution < -0.4 is 0 Å². The monoisotopic (exact) mass is 344 g/mol. The number of hydrogen-bond acceptors (Lipinski definition) is 1. The van der Waals surface area contributed by atoms with Crippen LogP contribution in [-0.2, 0) is 12.6 Å². The standard InChI is InChI=1S/C20H19F3N2/c1-2-3-14-17-18(15-10-6-4-7-11-15)19(20(21,22)23)25(24-17)16-12-8-5-9-13-16/h4-13H,2-3,14H2,1H3. The smallest absolute Gasteiger partial charge is 0.228 e. The molecule has 0 atom stereocenters. The van der Waals surface area contributed by atoms with Crippen LogP contribution in [-0.4, -0.2) is 9.78 Å². The Bertz CT molecular complexity index is 821. The first kappa shape index (κ1) is 17.3. The summed E-state index contributed by atoms with van der Waals surface area (Å²) in [7, 11) is 0. The minimum absolute atomic E-state index is 0.186. The van der Waals surface area contributed by atoms with E-state index in [1.807, 2.05) is 6.92 Å². The van der Waals surface area contributed by atoms with Crippen LogP contribution in [0.3, 0.4) is 0 Å². The first-order valence-electron chi connectivity index (χ1n) is 8.32. The molecule has 0 fully saturated rings. The quantitative estimate of drug-likeness (QED) is 0.563. The second-order valence-corrected chi connectivity index (χ2v) is 5.88. The number of hydrogen-bond donors (Lipinski definition) is 0. The zero-order valence-corrected chi connectivity index (χ0v) is 13.9. The maximum atomic E-state index is 14.0. The number of rotatable bonds is 5. The molecule has 0 unspecified atom stereocenters. The maximum Gasteiger partial charge on any atom is 0.434 e. The van der Waals surface area contributed by atoms with Crippen LogP contribution in [0.2, 0.25) is 0 Å². The SMILES string of the molecule is CCCCc1nn(-c2ccccc2)c(C(F)(F)F)c1-c1ccccc1. The first-order valence-corrected chi connectivity index (χ1v) is 8.32. The van der Waals surface area contributed by atoms with Crippen LogP contribution in [0.1, 0.15) is 31.2 Å². The molecule has 130 valence electrons. The zero-order valence-electron chi connectivity index (χ0n) is 13.9. The summed E-state index contributed by atoms with van der Waals surface area (Å²) < 4.78 is 42.9. The molecular formula is C20H19F3N2. The van der Waals surface area contributed by atoms with Crippen molar-refractivity contribution in [2.45, 2.75) is 32.4 Å². The molecule has 3 aromatic rings. The molecule has 1 heterocycles. The van der Waals surface area contributed by atoms with Crippen LogP contribution >= 0.6 is 0 Å². The summed E-state index contributed by atoms with van der Waals surface area (Å²) in [5.41, 5.74) is 0.920. The molecule has 1 aromatic heterocycles. The number of nitrogens with zero attached hydrogens (tertiary/aromatic N) is 2. The van der Waals surface area contributed by atoms with Gasteiger partial charge in [-0.2, -0.15) is 18.3 Å². The Labute approximate surface area is 144 Å². The molecule has 3 rings (SSSR count). The van der Waals surface area contributed by atoms with E-state index in [-0.39, 0.29) is 5.56 Å². The van der Waals surface area contributed by atoms with Crippen LogP contribution in [0.4, 0.5) is 13.2 Å². The van der Waals surface area contributed by atoms with Crippen molar-refractivity contribution >= 4 is 0 Å². The van der Waals surface area contributed by atoms with Crippen molar-refractivity contribution in [2.24, 2.45) is 0 Å². The molecule has 0 aliphatic carbocycles. The number of benzene rings is 2. The van der Waals surface area contributed by atoms with Gasteiger partial charge in [-0.15, -0.1) is 0 Å². The van der Waals surface area contributed by atoms with Crippen LogP contribution in [0.5, 0.6) is 0 Å². The van der Waals surface area contributed by atoms with E-state index in [9.17, 15) is 13.2 Å². The van der Waals surface area contributed by atoms with Crippen LogP contribution in [0, 0.1) is 0 Å². The summed E-state index contributed by atoms with van der Waals surface area (Å²) >= 11 is 0. The molecule has 0 spiro atoms. The lowest BCUT2D eigenvalue weighted by Gasteiger charge is -2.13. The number of aromatic nitrogens is 2. The third-order valence-electron chi connectivity index (χ3n) is 4.06. The molecule has 0 saturated carbocycles. The van der Waals surface area contributed by atoms with Crippen molar-refractivity contribution in [1.29, 1.82) is 0 Å². The van der Waals surface area contributed by atoms with E-state index in [1.165, 1.54) is 0 Å². The summed E-state index contributed by atoms with van der Waals surface area (Å²) in [4.78, 5) is 0. The third-order valence-corrected chi connectivity index (χ3v) is 4.06. The number of halogens is 3. The molecule has 0 amide bonds. The van der Waals surface area contributed by atoms with E-state index in [1.54, 1.807) is 60.7 Å². The van der Waals surface area contributed by atoms with Crippen molar-refractivity contribution in [1.82, 2.24) is 9.78 Å². The van der Waals surface area contributed by atoms with E-state index in [0.29, 0.717) is 23.4 Å². The average Bonchev–Trinajstić information content (AvgIpc) is 3.01. The fourth-order valence-corrected chi connectivity index (χ4v) is 2.91. The average molecular weight is 344 g/mol. The predicted octanol–water partition coefficient (Wildman–Crippen LogP) is 5.90. The normalized spacial score (nSPS) is 11.7. The van der Waals surface area contributed by atoms with Gasteiger partial charge in [0.1, 0.15) is 0 Å². The van der Waals surface area contributed by atoms with E-state index < -0.39 is 11.9 Å². The lowest BCUT2D eigenvalue weighted by molar-refractivity contribution is -0.142. The Morgan fingerprint density at radius 2 is 1.52 bits per heavy atom. The van der Waals surface area contributed by atoms with Gasteiger partial charge in [0, 0.05) is 5.56 Å². The lowest BCUT2D eigenvalue weighted by Crippen LogP contribution is -2.14. The zero-order chi connectivity index (χ0) is 17.9. The van der Waals surface area contributed by atoms with E-state index >= 15 is 0 Å². The summed E-state index contributed by atoms with van der Waals surface area (Å²) in [6, 6.07) is 17.2. The van der Waals surface area contributed by atoms with Gasteiger partial charge in [-0.25, -0.2) is 4.68 Å². The number of unbranched alkanes of at least 4 members (excludes halogenated alkanes) is 1. The third kappa shape index (κ3) is 3.60. The summed E-state index contributed by atoms with van der Waals surface area (Å²) in [6.07, 6.45) is -2.29. The minimum atomic E-state index is -4.50. The molecule has 25 heavy (non-hydrogen) atoms. The van der Waals surface area contributed by atoms with Crippen LogP contribution in [0.25, 0.3) is 16.8 Å². The molecule has 0 aliphatic heterocycles. The molecular weight excluding hydrogens is 325 g/mol. The highest BCUT2D eigenvalue weighted by Crippen LogP contribution is 2.40. The second-order valence-electron chi connectivity index (χ2n) is 5.88. The molecule has 0 bridgehead atoms. The highest BCUT2D eigenvalue weighted by atomic mass is 19.4. The Kier molecular flexibility index (Phi) is 4.93. The molecule has 0 aliphatic rings. The topological polar surface area (TPSA) is 17.8 Å². The van der Waals surface area contributed by atoms with E-state index in [2.05, 4.69) is 5.10 Å². The number of aryl methyl sites for hydroxylation is 1. The second kappa shape index (κ2) is 7.13. The van der Waals surface area contributed by atoms with Crippen LogP contribution in [0.15, 0.2) is 60.7 Å². The Balaban J connectivity index is 2.28. The van der Waals surface area contributed by atoms with Crippen molar-refractivity contribution in [3.8, 4) is 16.8 Å². The van der Waals surface area contributed by atoms with Crippen molar-refractivity contribution in [2.75, 3.05) is 0 Å². The van der Waals surface area contributed by atoms with Gasteiger partial charge in [0.25, 0.3) is 0 Å². The van der Waals surface area contributed by atoms with Gasteiger partial charge in [-0.05, 0) is 30.5 Å². The van der Waals surface area contributed by atoms with Gasteiger partial charge < -0.3 is 0 Å². The van der Waals surface area contributed by atoms with Gasteiger partial charge >= 0.3 is 6.18 Å². The first-order chi connectivity index (χ1) is 12.0. The Morgan fingerprint density at radius 3 is 2.08 bits per heavy atom. The van der Waals surface area contributed by atoms with Crippen molar-refractivity contribution < 1.29 is 13.2 Å². The molecule has 5 heteroatoms. The van der Waals surface area contributed by atoms with E-state index in [4.69, 9.17) is 0 Å². The summed E-state index contributed by atoms with van der Waals surface area (Å²) in [5, 5.41) is 4.36. The molecule has 0 radical (unpaired) electrons. The number of para-hydroxylation sites is 1. The molecule has 0 saturated heterocycles. The van der Waals surface area contributed by atoms with E-state index in [0.717, 1.165) is 17.5 Å². The predicted molar refractivity (Wildman–Crippen MR) is 92.6 cm³/mol. The molecule has 0 N–H and O–H groups in total. The van der Waals surface area contributed by atoms with Gasteiger partial charge in [0.05, 0.1) is 11.4 Å². The largest absolute Gasteiger partial charge is 0.434 e. The number of alkyl halides is 3. The van der Waals surface area contributed by atoms with Gasteiger partial charge in [0.2, 0.25) is 0 Å². The minimum Gasteiger partial charge on any atom is -0.228 e. The highest BCUT2D eigenvalue weighted by Gasteiger charge is 2.40. The highest BCUT2D eigenvalue weighted by molar-refractivity contribution is 5.70. The summed E-state index contributed by atoms with van der Waals surface area (Å²) in [5.74, 6) is 0.